The molecule has 2 N–H and O–H groups in total. The zero-order chi connectivity index (χ0) is 20.1. The van der Waals surface area contributed by atoms with Gasteiger partial charge in [-0.2, -0.15) is 5.26 Å². The Bertz CT molecular complexity index is 1040. The second-order valence-corrected chi connectivity index (χ2v) is 6.31. The highest BCUT2D eigenvalue weighted by atomic mass is 16.6. The van der Waals surface area contributed by atoms with Gasteiger partial charge in [0, 0.05) is 0 Å². The summed E-state index contributed by atoms with van der Waals surface area (Å²) in [7, 11) is 0. The van der Waals surface area contributed by atoms with E-state index >= 15 is 0 Å². The largest absolute Gasteiger partial charge is 0.507 e. The third kappa shape index (κ3) is 4.48. The SMILES string of the molecule is Cc1cc(C)cc(OCC(=O)OCC(O)=C(C#N)c2nc3ccccc3[nH]2)c1. The number of nitrogens with one attached hydrogen (secondary N) is 1. The predicted octanol–water partition coefficient (Wildman–Crippen LogP) is 3.59. The molecule has 3 rings (SSSR count). The Morgan fingerprint density at radius 1 is 1.18 bits per heavy atom. The maximum Gasteiger partial charge on any atom is 0.344 e. The van der Waals surface area contributed by atoms with E-state index in [4.69, 9.17) is 9.47 Å². The number of H-pyrrole nitrogens is 1. The number of aliphatic hydroxyl groups is 1. The number of carbonyl (C=O) groups excluding carboxylic acids is 1. The molecule has 7 nitrogen and oxygen atoms in total. The molecule has 0 unspecified atom stereocenters. The summed E-state index contributed by atoms with van der Waals surface area (Å²) in [6.45, 7) is 3.11. The summed E-state index contributed by atoms with van der Waals surface area (Å²) in [5.41, 5.74) is 3.36. The van der Waals surface area contributed by atoms with Gasteiger partial charge in [-0.3, -0.25) is 0 Å². The van der Waals surface area contributed by atoms with Crippen LogP contribution in [0.4, 0.5) is 0 Å². The molecule has 0 aliphatic rings. The standard InChI is InChI=1S/C21H19N3O4/c1-13-7-14(2)9-15(8-13)27-12-20(26)28-11-19(25)16(10-22)21-23-17-5-3-4-6-18(17)24-21/h3-9,25H,11-12H2,1-2H3,(H,23,24). The second kappa shape index (κ2) is 8.27. The lowest BCUT2D eigenvalue weighted by Crippen LogP contribution is -2.16. The molecule has 0 radical (unpaired) electrons. The summed E-state index contributed by atoms with van der Waals surface area (Å²) in [5, 5.41) is 19.5. The minimum Gasteiger partial charge on any atom is -0.507 e. The molecule has 142 valence electrons. The zero-order valence-corrected chi connectivity index (χ0v) is 15.5. The average molecular weight is 377 g/mol. The van der Waals surface area contributed by atoms with E-state index in [2.05, 4.69) is 9.97 Å². The van der Waals surface area contributed by atoms with Crippen LogP contribution in [0.1, 0.15) is 17.0 Å². The monoisotopic (exact) mass is 377 g/mol. The first-order valence-electron chi connectivity index (χ1n) is 8.60. The first kappa shape index (κ1) is 19.0. The lowest BCUT2D eigenvalue weighted by Gasteiger charge is -2.09. The van der Waals surface area contributed by atoms with E-state index in [1.54, 1.807) is 6.07 Å². The van der Waals surface area contributed by atoms with Gasteiger partial charge in [-0.25, -0.2) is 9.78 Å². The number of ether oxygens (including phenoxy) is 2. The molecule has 0 aliphatic heterocycles. The van der Waals surface area contributed by atoms with Crippen molar-refractivity contribution in [2.75, 3.05) is 13.2 Å². The summed E-state index contributed by atoms with van der Waals surface area (Å²) in [5.74, 6) is -0.271. The lowest BCUT2D eigenvalue weighted by molar-refractivity contribution is -0.145. The fourth-order valence-corrected chi connectivity index (χ4v) is 2.75. The van der Waals surface area contributed by atoms with Crippen molar-refractivity contribution in [2.45, 2.75) is 13.8 Å². The Hall–Kier alpha value is -3.79. The number of nitriles is 1. The van der Waals surface area contributed by atoms with Crippen LogP contribution in [0, 0.1) is 25.2 Å². The Labute approximate surface area is 161 Å². The third-order valence-corrected chi connectivity index (χ3v) is 3.95. The van der Waals surface area contributed by atoms with Crippen molar-refractivity contribution in [3.05, 3.63) is 65.2 Å². The van der Waals surface area contributed by atoms with E-state index in [1.807, 2.05) is 56.3 Å². The van der Waals surface area contributed by atoms with Gasteiger partial charge in [0.25, 0.3) is 0 Å². The molecule has 0 spiro atoms. The molecule has 0 fully saturated rings. The van der Waals surface area contributed by atoms with E-state index in [-0.39, 0.29) is 23.8 Å². The predicted molar refractivity (Wildman–Crippen MR) is 104 cm³/mol. The van der Waals surface area contributed by atoms with Gasteiger partial charge < -0.3 is 19.6 Å². The number of carbonyl (C=O) groups is 1. The molecule has 0 saturated heterocycles. The van der Waals surface area contributed by atoms with Gasteiger partial charge in [0.15, 0.2) is 18.2 Å². The molecule has 1 aromatic heterocycles. The number of allylic oxidation sites excluding steroid dienone is 1. The quantitative estimate of drug-likeness (QED) is 0.386. The van der Waals surface area contributed by atoms with Gasteiger partial charge in [-0.05, 0) is 49.2 Å². The third-order valence-electron chi connectivity index (χ3n) is 3.95. The van der Waals surface area contributed by atoms with Crippen LogP contribution in [0.2, 0.25) is 0 Å². The number of benzene rings is 2. The highest BCUT2D eigenvalue weighted by molar-refractivity contribution is 5.83. The van der Waals surface area contributed by atoms with Crippen LogP contribution < -0.4 is 4.74 Å². The molecule has 0 aliphatic carbocycles. The van der Waals surface area contributed by atoms with Crippen LogP contribution in [-0.4, -0.2) is 34.3 Å². The highest BCUT2D eigenvalue weighted by Crippen LogP contribution is 2.19. The van der Waals surface area contributed by atoms with Gasteiger partial charge in [0.2, 0.25) is 0 Å². The van der Waals surface area contributed by atoms with E-state index in [1.165, 1.54) is 0 Å². The lowest BCUT2D eigenvalue weighted by atomic mass is 10.1. The van der Waals surface area contributed by atoms with Gasteiger partial charge in [0.1, 0.15) is 24.0 Å². The molecule has 3 aromatic rings. The average Bonchev–Trinajstić information content (AvgIpc) is 3.08. The van der Waals surface area contributed by atoms with E-state index < -0.39 is 12.6 Å². The smallest absolute Gasteiger partial charge is 0.344 e. The number of imidazole rings is 1. The Morgan fingerprint density at radius 3 is 2.57 bits per heavy atom. The van der Waals surface area contributed by atoms with Crippen LogP contribution in [0.5, 0.6) is 5.75 Å². The number of esters is 1. The van der Waals surface area contributed by atoms with Crippen molar-refractivity contribution in [1.29, 1.82) is 5.26 Å². The molecule has 0 atom stereocenters. The molecule has 28 heavy (non-hydrogen) atoms. The van der Waals surface area contributed by atoms with Crippen LogP contribution in [0.3, 0.4) is 0 Å². The summed E-state index contributed by atoms with van der Waals surface area (Å²) >= 11 is 0. The van der Waals surface area contributed by atoms with Crippen molar-refractivity contribution in [1.82, 2.24) is 9.97 Å². The number of nitrogens with zero attached hydrogens (tertiary/aromatic N) is 2. The van der Waals surface area contributed by atoms with Crippen LogP contribution in [0.25, 0.3) is 16.6 Å². The first-order valence-corrected chi connectivity index (χ1v) is 8.60. The second-order valence-electron chi connectivity index (χ2n) is 6.31. The van der Waals surface area contributed by atoms with Crippen molar-refractivity contribution in [3.63, 3.8) is 0 Å². The topological polar surface area (TPSA) is 108 Å². The van der Waals surface area contributed by atoms with E-state index in [9.17, 15) is 15.2 Å². The fourth-order valence-electron chi connectivity index (χ4n) is 2.75. The number of aromatic nitrogens is 2. The maximum absolute atomic E-state index is 11.9. The van der Waals surface area contributed by atoms with Gasteiger partial charge in [0.05, 0.1) is 11.0 Å². The van der Waals surface area contributed by atoms with E-state index in [0.717, 1.165) is 16.6 Å². The van der Waals surface area contributed by atoms with Crippen LogP contribution >= 0.6 is 0 Å². The molecule has 1 heterocycles. The summed E-state index contributed by atoms with van der Waals surface area (Å²) in [6, 6.07) is 14.7. The van der Waals surface area contributed by atoms with E-state index in [0.29, 0.717) is 11.3 Å². The molecular formula is C21H19N3O4. The number of hydrogen-bond acceptors (Lipinski definition) is 6. The van der Waals surface area contributed by atoms with Crippen molar-refractivity contribution in [2.24, 2.45) is 0 Å². The number of aryl methyl sites for hydroxylation is 2. The number of aliphatic hydroxyl groups excluding tert-OH is 1. The Kier molecular flexibility index (Phi) is 5.61. The normalized spacial score (nSPS) is 11.6. The number of hydrogen-bond donors (Lipinski definition) is 2. The fraction of sp³-hybridized carbons (Fsp3) is 0.190. The van der Waals surface area contributed by atoms with Crippen molar-refractivity contribution < 1.29 is 19.4 Å². The highest BCUT2D eigenvalue weighted by Gasteiger charge is 2.15. The Morgan fingerprint density at radius 2 is 1.89 bits per heavy atom. The van der Waals surface area contributed by atoms with Gasteiger partial charge >= 0.3 is 5.97 Å². The molecule has 7 heteroatoms. The first-order chi connectivity index (χ1) is 13.5. The maximum atomic E-state index is 11.9. The Balaban J connectivity index is 1.63. The molecule has 0 bridgehead atoms. The number of aromatic amines is 1. The molecule has 0 saturated carbocycles. The van der Waals surface area contributed by atoms with Crippen LogP contribution in [0.15, 0.2) is 48.2 Å². The molecule has 2 aromatic carbocycles. The van der Waals surface area contributed by atoms with Crippen molar-refractivity contribution in [3.8, 4) is 11.8 Å². The summed E-state index contributed by atoms with van der Waals surface area (Å²) in [4.78, 5) is 19.1. The molecule has 0 amide bonds. The number of fused-ring (bicyclic) bond motifs is 1. The number of para-hydroxylation sites is 2. The minimum atomic E-state index is -0.660. The molecular weight excluding hydrogens is 358 g/mol. The van der Waals surface area contributed by atoms with Gasteiger partial charge in [-0.1, -0.05) is 18.2 Å². The van der Waals surface area contributed by atoms with Gasteiger partial charge in [-0.15, -0.1) is 0 Å². The van der Waals surface area contributed by atoms with Crippen LogP contribution in [-0.2, 0) is 9.53 Å². The summed E-state index contributed by atoms with van der Waals surface area (Å²) in [6.07, 6.45) is 0. The summed E-state index contributed by atoms with van der Waals surface area (Å²) < 4.78 is 10.4. The zero-order valence-electron chi connectivity index (χ0n) is 15.5. The minimum absolute atomic E-state index is 0.0840. The van der Waals surface area contributed by atoms with Crippen molar-refractivity contribution >= 4 is 22.6 Å². The number of rotatable bonds is 6.